The fourth-order valence-corrected chi connectivity index (χ4v) is 1.89. The number of methoxy groups -OCH3 is 1. The molecule has 4 nitrogen and oxygen atoms in total. The first-order valence-corrected chi connectivity index (χ1v) is 5.33. The van der Waals surface area contributed by atoms with E-state index in [0.29, 0.717) is 13.2 Å². The molecule has 1 heterocycles. The van der Waals surface area contributed by atoms with E-state index in [1.54, 1.807) is 7.11 Å². The van der Waals surface area contributed by atoms with Crippen LogP contribution in [0.2, 0.25) is 0 Å². The van der Waals surface area contributed by atoms with Crippen LogP contribution in [0.25, 0.3) is 0 Å². The van der Waals surface area contributed by atoms with Gasteiger partial charge in [-0.1, -0.05) is 0 Å². The summed E-state index contributed by atoms with van der Waals surface area (Å²) in [5.74, 6) is -0.421. The van der Waals surface area contributed by atoms with Gasteiger partial charge in [0.1, 0.15) is 5.75 Å². The average molecular weight is 223 g/mol. The SMILES string of the molecule is COc1ccc(C2(O)CN(C)CCO2)cc1. The van der Waals surface area contributed by atoms with Crippen molar-refractivity contribution < 1.29 is 14.6 Å². The van der Waals surface area contributed by atoms with Gasteiger partial charge < -0.3 is 14.6 Å². The molecule has 0 aliphatic carbocycles. The summed E-state index contributed by atoms with van der Waals surface area (Å²) in [6.07, 6.45) is 0. The average Bonchev–Trinajstić information content (AvgIpc) is 2.29. The smallest absolute Gasteiger partial charge is 0.205 e. The fraction of sp³-hybridized carbons (Fsp3) is 0.500. The molecule has 0 saturated carbocycles. The summed E-state index contributed by atoms with van der Waals surface area (Å²) in [4.78, 5) is 2.05. The van der Waals surface area contributed by atoms with Crippen molar-refractivity contribution in [3.63, 3.8) is 0 Å². The maximum absolute atomic E-state index is 10.4. The van der Waals surface area contributed by atoms with Gasteiger partial charge in [0.05, 0.1) is 20.3 Å². The van der Waals surface area contributed by atoms with Crippen molar-refractivity contribution in [2.45, 2.75) is 5.79 Å². The van der Waals surface area contributed by atoms with Gasteiger partial charge in [0, 0.05) is 12.1 Å². The third-order valence-electron chi connectivity index (χ3n) is 2.84. The number of likely N-dealkylation sites (N-methyl/N-ethyl adjacent to an activating group) is 1. The second-order valence-corrected chi connectivity index (χ2v) is 4.10. The molecule has 1 N–H and O–H groups in total. The monoisotopic (exact) mass is 223 g/mol. The van der Waals surface area contributed by atoms with Gasteiger partial charge in [0.25, 0.3) is 0 Å². The lowest BCUT2D eigenvalue weighted by atomic mass is 10.0. The van der Waals surface area contributed by atoms with Crippen LogP contribution in [0.5, 0.6) is 5.75 Å². The van der Waals surface area contributed by atoms with E-state index >= 15 is 0 Å². The Morgan fingerprint density at radius 3 is 2.62 bits per heavy atom. The third-order valence-corrected chi connectivity index (χ3v) is 2.84. The molecule has 2 rings (SSSR count). The predicted octanol–water partition coefficient (Wildman–Crippen LogP) is 0.802. The highest BCUT2D eigenvalue weighted by Gasteiger charge is 2.34. The summed E-state index contributed by atoms with van der Waals surface area (Å²) in [5.41, 5.74) is 0.764. The lowest BCUT2D eigenvalue weighted by Crippen LogP contribution is -2.48. The Hall–Kier alpha value is -1.10. The lowest BCUT2D eigenvalue weighted by molar-refractivity contribution is -0.245. The van der Waals surface area contributed by atoms with Gasteiger partial charge in [-0.25, -0.2) is 0 Å². The van der Waals surface area contributed by atoms with Gasteiger partial charge in [0.15, 0.2) is 0 Å². The van der Waals surface area contributed by atoms with Gasteiger partial charge in [-0.05, 0) is 31.3 Å². The molecule has 0 bridgehead atoms. The maximum Gasteiger partial charge on any atom is 0.205 e. The number of aliphatic hydroxyl groups is 1. The molecule has 1 unspecified atom stereocenters. The van der Waals surface area contributed by atoms with Crippen LogP contribution in [0.15, 0.2) is 24.3 Å². The van der Waals surface area contributed by atoms with Crippen molar-refractivity contribution in [1.82, 2.24) is 4.90 Å². The molecule has 1 fully saturated rings. The molecular weight excluding hydrogens is 206 g/mol. The lowest BCUT2D eigenvalue weighted by Gasteiger charge is -2.37. The van der Waals surface area contributed by atoms with Crippen LogP contribution in [-0.4, -0.2) is 43.9 Å². The Balaban J connectivity index is 2.20. The van der Waals surface area contributed by atoms with Crippen molar-refractivity contribution >= 4 is 0 Å². The molecule has 1 aliphatic heterocycles. The van der Waals surface area contributed by atoms with Crippen molar-refractivity contribution in [2.75, 3.05) is 33.9 Å². The Kier molecular flexibility index (Phi) is 3.14. The van der Waals surface area contributed by atoms with Crippen LogP contribution in [0.4, 0.5) is 0 Å². The van der Waals surface area contributed by atoms with Crippen molar-refractivity contribution in [2.24, 2.45) is 0 Å². The van der Waals surface area contributed by atoms with E-state index < -0.39 is 5.79 Å². The quantitative estimate of drug-likeness (QED) is 0.805. The summed E-state index contributed by atoms with van der Waals surface area (Å²) >= 11 is 0. The Labute approximate surface area is 95.4 Å². The first-order valence-electron chi connectivity index (χ1n) is 5.33. The largest absolute Gasteiger partial charge is 0.497 e. The van der Waals surface area contributed by atoms with Crippen LogP contribution in [-0.2, 0) is 10.5 Å². The standard InChI is InChI=1S/C12H17NO3/c1-13-7-8-16-12(14,9-13)10-3-5-11(15-2)6-4-10/h3-6,14H,7-9H2,1-2H3. The minimum Gasteiger partial charge on any atom is -0.497 e. The van der Waals surface area contributed by atoms with E-state index in [1.807, 2.05) is 36.2 Å². The second-order valence-electron chi connectivity index (χ2n) is 4.10. The normalized spacial score (nSPS) is 26.7. The zero-order chi connectivity index (χ0) is 11.6. The summed E-state index contributed by atoms with van der Waals surface area (Å²) in [6.45, 7) is 1.87. The first kappa shape index (κ1) is 11.4. The van der Waals surface area contributed by atoms with E-state index in [0.717, 1.165) is 17.9 Å². The Morgan fingerprint density at radius 2 is 2.06 bits per heavy atom. The highest BCUT2D eigenvalue weighted by Crippen LogP contribution is 2.27. The van der Waals surface area contributed by atoms with Crippen LogP contribution in [0.3, 0.4) is 0 Å². The fourth-order valence-electron chi connectivity index (χ4n) is 1.89. The zero-order valence-electron chi connectivity index (χ0n) is 9.64. The number of β-amino-alcohol motifs (C(OH)–C–C–N with tert-alkyl or cyclic N) is 1. The van der Waals surface area contributed by atoms with Crippen molar-refractivity contribution in [3.05, 3.63) is 29.8 Å². The molecule has 0 spiro atoms. The molecule has 1 saturated heterocycles. The molecule has 1 aliphatic rings. The molecule has 0 radical (unpaired) electrons. The van der Waals surface area contributed by atoms with Gasteiger partial charge in [0.2, 0.25) is 5.79 Å². The van der Waals surface area contributed by atoms with E-state index in [2.05, 4.69) is 0 Å². The molecule has 1 aromatic carbocycles. The topological polar surface area (TPSA) is 41.9 Å². The molecule has 0 aromatic heterocycles. The van der Waals surface area contributed by atoms with E-state index in [-0.39, 0.29) is 0 Å². The highest BCUT2D eigenvalue weighted by atomic mass is 16.6. The number of nitrogens with zero attached hydrogens (tertiary/aromatic N) is 1. The number of ether oxygens (including phenoxy) is 2. The first-order chi connectivity index (χ1) is 7.64. The van der Waals surface area contributed by atoms with Crippen LogP contribution >= 0.6 is 0 Å². The van der Waals surface area contributed by atoms with Crippen molar-refractivity contribution in [1.29, 1.82) is 0 Å². The van der Waals surface area contributed by atoms with Gasteiger partial charge in [-0.3, -0.25) is 4.90 Å². The Morgan fingerprint density at radius 1 is 1.38 bits per heavy atom. The van der Waals surface area contributed by atoms with E-state index in [1.165, 1.54) is 0 Å². The zero-order valence-corrected chi connectivity index (χ0v) is 9.64. The molecule has 1 atom stereocenters. The molecule has 16 heavy (non-hydrogen) atoms. The number of rotatable bonds is 2. The minimum atomic E-state index is -1.20. The predicted molar refractivity (Wildman–Crippen MR) is 60.3 cm³/mol. The minimum absolute atomic E-state index is 0.485. The van der Waals surface area contributed by atoms with Crippen LogP contribution < -0.4 is 4.74 Å². The molecule has 88 valence electrons. The number of hydrogen-bond donors (Lipinski definition) is 1. The van der Waals surface area contributed by atoms with Gasteiger partial charge in [-0.15, -0.1) is 0 Å². The highest BCUT2D eigenvalue weighted by molar-refractivity contribution is 5.30. The van der Waals surface area contributed by atoms with Crippen LogP contribution in [0.1, 0.15) is 5.56 Å². The number of benzene rings is 1. The Bertz CT molecular complexity index is 352. The second kappa shape index (κ2) is 4.41. The van der Waals surface area contributed by atoms with E-state index in [4.69, 9.17) is 9.47 Å². The summed E-state index contributed by atoms with van der Waals surface area (Å²) in [5, 5.41) is 10.4. The van der Waals surface area contributed by atoms with E-state index in [9.17, 15) is 5.11 Å². The summed E-state index contributed by atoms with van der Waals surface area (Å²) in [7, 11) is 3.59. The van der Waals surface area contributed by atoms with Crippen LogP contribution in [0, 0.1) is 0 Å². The number of morpholine rings is 1. The number of hydrogen-bond acceptors (Lipinski definition) is 4. The maximum atomic E-state index is 10.4. The molecular formula is C12H17NO3. The third kappa shape index (κ3) is 2.19. The van der Waals surface area contributed by atoms with Gasteiger partial charge >= 0.3 is 0 Å². The summed E-state index contributed by atoms with van der Waals surface area (Å²) in [6, 6.07) is 7.31. The molecule has 1 aromatic rings. The molecule has 0 amide bonds. The molecule has 4 heteroatoms. The summed E-state index contributed by atoms with van der Waals surface area (Å²) < 4.78 is 10.5. The van der Waals surface area contributed by atoms with Crippen molar-refractivity contribution in [3.8, 4) is 5.75 Å². The van der Waals surface area contributed by atoms with Gasteiger partial charge in [-0.2, -0.15) is 0 Å².